The molecule has 20 heavy (non-hydrogen) atoms. The standard InChI is InChI=1S/C12H18N4O3S/c1-8-5-10(16-13)9(6-14-8)11(17)15-12(2)3-4-20(18,19)7-12/h5-6H,3-4,7,13H2,1-2H3,(H,14,16)(H,15,17). The van der Waals surface area contributed by atoms with Crippen LogP contribution in [0.1, 0.15) is 29.4 Å². The minimum absolute atomic E-state index is 0.0452. The number of nitrogens with zero attached hydrogens (tertiary/aromatic N) is 1. The first-order valence-corrected chi connectivity index (χ1v) is 8.03. The highest BCUT2D eigenvalue weighted by molar-refractivity contribution is 7.91. The van der Waals surface area contributed by atoms with Gasteiger partial charge < -0.3 is 10.7 Å². The summed E-state index contributed by atoms with van der Waals surface area (Å²) in [4.78, 5) is 16.3. The molecular formula is C12H18N4O3S. The van der Waals surface area contributed by atoms with Gasteiger partial charge in [-0.25, -0.2) is 8.42 Å². The van der Waals surface area contributed by atoms with Gasteiger partial charge in [0.15, 0.2) is 9.84 Å². The predicted molar refractivity (Wildman–Crippen MR) is 75.9 cm³/mol. The lowest BCUT2D eigenvalue weighted by molar-refractivity contribution is 0.0916. The van der Waals surface area contributed by atoms with Crippen molar-refractivity contribution in [2.45, 2.75) is 25.8 Å². The zero-order valence-electron chi connectivity index (χ0n) is 11.4. The number of nitrogen functional groups attached to an aromatic ring is 1. The molecule has 1 unspecified atom stereocenters. The molecule has 8 heteroatoms. The molecule has 110 valence electrons. The Bertz CT molecular complexity index is 644. The van der Waals surface area contributed by atoms with Crippen LogP contribution >= 0.6 is 0 Å². The van der Waals surface area contributed by atoms with E-state index in [1.165, 1.54) is 6.20 Å². The molecule has 1 fully saturated rings. The van der Waals surface area contributed by atoms with Crippen molar-refractivity contribution in [1.82, 2.24) is 10.3 Å². The topological polar surface area (TPSA) is 114 Å². The van der Waals surface area contributed by atoms with E-state index in [4.69, 9.17) is 5.84 Å². The third-order valence-corrected chi connectivity index (χ3v) is 5.26. The van der Waals surface area contributed by atoms with Gasteiger partial charge >= 0.3 is 0 Å². The first-order valence-electron chi connectivity index (χ1n) is 6.21. The maximum absolute atomic E-state index is 12.3. The van der Waals surface area contributed by atoms with E-state index >= 15 is 0 Å². The summed E-state index contributed by atoms with van der Waals surface area (Å²) >= 11 is 0. The molecule has 1 atom stereocenters. The summed E-state index contributed by atoms with van der Waals surface area (Å²) in [6.07, 6.45) is 1.83. The molecule has 1 saturated heterocycles. The van der Waals surface area contributed by atoms with Crippen LogP contribution in [0.4, 0.5) is 5.69 Å². The van der Waals surface area contributed by atoms with Crippen LogP contribution in [0.3, 0.4) is 0 Å². The third-order valence-electron chi connectivity index (χ3n) is 3.36. The zero-order chi connectivity index (χ0) is 15.0. The zero-order valence-corrected chi connectivity index (χ0v) is 12.3. The molecule has 1 aliphatic heterocycles. The minimum atomic E-state index is -3.07. The van der Waals surface area contributed by atoms with Gasteiger partial charge in [-0.1, -0.05) is 0 Å². The van der Waals surface area contributed by atoms with Crippen LogP contribution in [0, 0.1) is 6.92 Å². The van der Waals surface area contributed by atoms with Crippen molar-refractivity contribution in [2.75, 3.05) is 16.9 Å². The molecule has 1 aliphatic rings. The summed E-state index contributed by atoms with van der Waals surface area (Å²) < 4.78 is 23.1. The number of anilines is 1. The van der Waals surface area contributed by atoms with Crippen molar-refractivity contribution in [3.05, 3.63) is 23.5 Å². The summed E-state index contributed by atoms with van der Waals surface area (Å²) in [5.41, 5.74) is 3.19. The molecule has 2 rings (SSSR count). The van der Waals surface area contributed by atoms with E-state index in [0.29, 0.717) is 17.7 Å². The van der Waals surface area contributed by atoms with Crippen molar-refractivity contribution in [3.8, 4) is 0 Å². The predicted octanol–water partition coefficient (Wildman–Crippen LogP) is -0.0174. The first kappa shape index (κ1) is 14.7. The second-order valence-corrected chi connectivity index (χ2v) is 7.56. The van der Waals surface area contributed by atoms with Crippen LogP contribution < -0.4 is 16.6 Å². The Hall–Kier alpha value is -1.67. The number of hydrogen-bond donors (Lipinski definition) is 3. The number of sulfone groups is 1. The average Bonchev–Trinajstić information content (AvgIpc) is 2.62. The van der Waals surface area contributed by atoms with Crippen LogP contribution in [0.25, 0.3) is 0 Å². The molecule has 7 nitrogen and oxygen atoms in total. The molecule has 0 radical (unpaired) electrons. The monoisotopic (exact) mass is 298 g/mol. The van der Waals surface area contributed by atoms with Gasteiger partial charge in [-0.05, 0) is 26.3 Å². The molecular weight excluding hydrogens is 280 g/mol. The van der Waals surface area contributed by atoms with Crippen LogP contribution in [-0.2, 0) is 9.84 Å². The SMILES string of the molecule is Cc1cc(NN)c(C(=O)NC2(C)CCS(=O)(=O)C2)cn1. The van der Waals surface area contributed by atoms with E-state index in [2.05, 4.69) is 15.7 Å². The van der Waals surface area contributed by atoms with Gasteiger partial charge in [0, 0.05) is 11.9 Å². The lowest BCUT2D eigenvalue weighted by atomic mass is 10.0. The quantitative estimate of drug-likeness (QED) is 0.534. The Morgan fingerprint density at radius 1 is 1.50 bits per heavy atom. The molecule has 1 amide bonds. The Balaban J connectivity index is 2.21. The summed E-state index contributed by atoms with van der Waals surface area (Å²) in [7, 11) is -3.07. The number of aromatic nitrogens is 1. The van der Waals surface area contributed by atoms with Gasteiger partial charge in [0.2, 0.25) is 0 Å². The van der Waals surface area contributed by atoms with Crippen molar-refractivity contribution in [2.24, 2.45) is 5.84 Å². The van der Waals surface area contributed by atoms with E-state index in [1.807, 2.05) is 0 Å². The fourth-order valence-corrected chi connectivity index (χ4v) is 4.40. The highest BCUT2D eigenvalue weighted by atomic mass is 32.2. The van der Waals surface area contributed by atoms with E-state index < -0.39 is 15.4 Å². The fourth-order valence-electron chi connectivity index (χ4n) is 2.31. The Kier molecular flexibility index (Phi) is 3.70. The smallest absolute Gasteiger partial charge is 0.255 e. The van der Waals surface area contributed by atoms with Crippen molar-refractivity contribution >= 4 is 21.4 Å². The number of nitrogens with one attached hydrogen (secondary N) is 2. The molecule has 0 bridgehead atoms. The van der Waals surface area contributed by atoms with E-state index in [0.717, 1.165) is 5.69 Å². The highest BCUT2D eigenvalue weighted by Crippen LogP contribution is 2.24. The number of carbonyl (C=O) groups is 1. The van der Waals surface area contributed by atoms with Gasteiger partial charge in [0.1, 0.15) is 0 Å². The summed E-state index contributed by atoms with van der Waals surface area (Å²) in [5.74, 6) is 5.05. The van der Waals surface area contributed by atoms with Gasteiger partial charge in [-0.15, -0.1) is 0 Å². The second kappa shape index (κ2) is 5.02. The molecule has 1 aromatic heterocycles. The summed E-state index contributed by atoms with van der Waals surface area (Å²) in [5, 5.41) is 2.77. The largest absolute Gasteiger partial charge is 0.346 e. The van der Waals surface area contributed by atoms with Crippen molar-refractivity contribution in [3.63, 3.8) is 0 Å². The van der Waals surface area contributed by atoms with Crippen molar-refractivity contribution < 1.29 is 13.2 Å². The third kappa shape index (κ3) is 3.07. The number of pyridine rings is 1. The molecule has 0 spiro atoms. The van der Waals surface area contributed by atoms with E-state index in [1.54, 1.807) is 19.9 Å². The molecule has 0 saturated carbocycles. The van der Waals surface area contributed by atoms with E-state index in [9.17, 15) is 13.2 Å². The minimum Gasteiger partial charge on any atom is -0.346 e. The maximum atomic E-state index is 12.3. The first-order chi connectivity index (χ1) is 9.25. The van der Waals surface area contributed by atoms with Crippen molar-refractivity contribution in [1.29, 1.82) is 0 Å². The Morgan fingerprint density at radius 2 is 2.20 bits per heavy atom. The number of hydrogen-bond acceptors (Lipinski definition) is 6. The van der Waals surface area contributed by atoms with Gasteiger partial charge in [-0.3, -0.25) is 15.6 Å². The molecule has 1 aromatic rings. The lowest BCUT2D eigenvalue weighted by Gasteiger charge is -2.24. The maximum Gasteiger partial charge on any atom is 0.255 e. The number of nitrogens with two attached hydrogens (primary N) is 1. The average molecular weight is 298 g/mol. The number of carbonyl (C=O) groups excluding carboxylic acids is 1. The van der Waals surface area contributed by atoms with Crippen LogP contribution in [0.5, 0.6) is 0 Å². The Labute approximate surface area is 117 Å². The number of aryl methyl sites for hydroxylation is 1. The number of hydrazine groups is 1. The van der Waals surface area contributed by atoms with Crippen LogP contribution in [-0.4, -0.2) is 36.4 Å². The second-order valence-electron chi connectivity index (χ2n) is 5.37. The summed E-state index contributed by atoms with van der Waals surface area (Å²) in [6.45, 7) is 3.51. The van der Waals surface area contributed by atoms with Gasteiger partial charge in [0.25, 0.3) is 5.91 Å². The summed E-state index contributed by atoms with van der Waals surface area (Å²) in [6, 6.07) is 1.66. The van der Waals surface area contributed by atoms with Gasteiger partial charge in [0.05, 0.1) is 28.3 Å². The molecule has 2 heterocycles. The van der Waals surface area contributed by atoms with Gasteiger partial charge in [-0.2, -0.15) is 0 Å². The molecule has 0 aliphatic carbocycles. The van der Waals surface area contributed by atoms with Crippen LogP contribution in [0.2, 0.25) is 0 Å². The molecule has 4 N–H and O–H groups in total. The number of amides is 1. The van der Waals surface area contributed by atoms with E-state index in [-0.39, 0.29) is 17.4 Å². The Morgan fingerprint density at radius 3 is 2.75 bits per heavy atom. The normalized spacial score (nSPS) is 24.4. The number of rotatable bonds is 3. The highest BCUT2D eigenvalue weighted by Gasteiger charge is 2.39. The fraction of sp³-hybridized carbons (Fsp3) is 0.500. The van der Waals surface area contributed by atoms with Crippen LogP contribution in [0.15, 0.2) is 12.3 Å². The molecule has 0 aromatic carbocycles. The lowest BCUT2D eigenvalue weighted by Crippen LogP contribution is -2.47.